The molecule has 0 saturated carbocycles. The molecule has 0 aliphatic carbocycles. The summed E-state index contributed by atoms with van der Waals surface area (Å²) in [5.41, 5.74) is 0.812. The number of ketones is 1. The van der Waals surface area contributed by atoms with Gasteiger partial charge in [0.25, 0.3) is 5.91 Å². The van der Waals surface area contributed by atoms with Crippen LogP contribution in [0.5, 0.6) is 5.75 Å². The van der Waals surface area contributed by atoms with Gasteiger partial charge in [-0.25, -0.2) is 4.39 Å². The fraction of sp³-hybridized carbons (Fsp3) is 0.368. The third-order valence-corrected chi connectivity index (χ3v) is 4.24. The number of benzene rings is 1. The molecule has 1 atom stereocenters. The van der Waals surface area contributed by atoms with Gasteiger partial charge in [-0.1, -0.05) is 0 Å². The van der Waals surface area contributed by atoms with E-state index in [1.54, 1.807) is 11.0 Å². The molecule has 1 aromatic heterocycles. The van der Waals surface area contributed by atoms with Gasteiger partial charge < -0.3 is 18.8 Å². The van der Waals surface area contributed by atoms with E-state index < -0.39 is 5.82 Å². The predicted octanol–water partition coefficient (Wildman–Crippen LogP) is 2.85. The van der Waals surface area contributed by atoms with Crippen LogP contribution >= 0.6 is 0 Å². The smallest absolute Gasteiger partial charge is 0.289 e. The summed E-state index contributed by atoms with van der Waals surface area (Å²) in [6.45, 7) is 4.50. The number of furan rings is 1. The Morgan fingerprint density at radius 1 is 1.35 bits per heavy atom. The molecule has 0 spiro atoms. The Balaban J connectivity index is 1.59. The molecular weight excluding hydrogens is 341 g/mol. The van der Waals surface area contributed by atoms with Crippen molar-refractivity contribution in [2.45, 2.75) is 20.0 Å². The van der Waals surface area contributed by atoms with E-state index in [1.165, 1.54) is 31.4 Å². The van der Waals surface area contributed by atoms with Gasteiger partial charge in [0, 0.05) is 18.2 Å². The molecule has 6 nitrogen and oxygen atoms in total. The van der Waals surface area contributed by atoms with Crippen molar-refractivity contribution >= 4 is 11.7 Å². The van der Waals surface area contributed by atoms with Crippen LogP contribution in [0.2, 0.25) is 0 Å². The lowest BCUT2D eigenvalue weighted by atomic mass is 10.1. The molecule has 3 rings (SSSR count). The first-order valence-electron chi connectivity index (χ1n) is 8.34. The second-order valence-electron chi connectivity index (χ2n) is 6.19. The quantitative estimate of drug-likeness (QED) is 0.766. The van der Waals surface area contributed by atoms with Crippen LogP contribution in [0.15, 0.2) is 34.9 Å². The molecule has 7 heteroatoms. The number of halogens is 1. The fourth-order valence-electron chi connectivity index (χ4n) is 2.80. The number of carbonyl (C=O) groups excluding carboxylic acids is 2. The molecule has 2 aromatic rings. The fourth-order valence-corrected chi connectivity index (χ4v) is 2.80. The van der Waals surface area contributed by atoms with E-state index >= 15 is 0 Å². The van der Waals surface area contributed by atoms with Crippen LogP contribution in [0.4, 0.5) is 4.39 Å². The Hall–Kier alpha value is -2.67. The largest absolute Gasteiger partial charge is 0.491 e. The number of aryl methyl sites for hydroxylation is 1. The number of carbonyl (C=O) groups is 2. The van der Waals surface area contributed by atoms with Crippen molar-refractivity contribution < 1.29 is 27.9 Å². The number of rotatable bonds is 5. The Morgan fingerprint density at radius 2 is 2.15 bits per heavy atom. The van der Waals surface area contributed by atoms with Gasteiger partial charge in [0.1, 0.15) is 24.3 Å². The van der Waals surface area contributed by atoms with Crippen molar-refractivity contribution in [3.05, 3.63) is 53.2 Å². The molecule has 1 aromatic carbocycles. The van der Waals surface area contributed by atoms with Gasteiger partial charge >= 0.3 is 0 Å². The van der Waals surface area contributed by atoms with Gasteiger partial charge in [0.2, 0.25) is 0 Å². The van der Waals surface area contributed by atoms with Crippen molar-refractivity contribution in [2.75, 3.05) is 26.3 Å². The molecule has 1 aliphatic rings. The Labute approximate surface area is 150 Å². The van der Waals surface area contributed by atoms with E-state index in [-0.39, 0.29) is 30.0 Å². The molecule has 1 amide bonds. The zero-order chi connectivity index (χ0) is 18.7. The van der Waals surface area contributed by atoms with Crippen molar-refractivity contribution in [3.63, 3.8) is 0 Å². The highest BCUT2D eigenvalue weighted by atomic mass is 19.1. The SMILES string of the molecule is CC(=O)c1ccc(OCC2CN(C(=O)c3occc3C)CCO2)cc1F. The third kappa shape index (κ3) is 3.94. The molecule has 1 fully saturated rings. The molecule has 0 radical (unpaired) electrons. The minimum Gasteiger partial charge on any atom is -0.491 e. The van der Waals surface area contributed by atoms with Crippen LogP contribution < -0.4 is 4.74 Å². The predicted molar refractivity (Wildman–Crippen MR) is 91.0 cm³/mol. The summed E-state index contributed by atoms with van der Waals surface area (Å²) < 4.78 is 30.3. The van der Waals surface area contributed by atoms with E-state index in [1.807, 2.05) is 6.92 Å². The van der Waals surface area contributed by atoms with Gasteiger partial charge in [0.15, 0.2) is 11.5 Å². The minimum atomic E-state index is -0.621. The second-order valence-corrected chi connectivity index (χ2v) is 6.19. The molecule has 0 bridgehead atoms. The van der Waals surface area contributed by atoms with Crippen LogP contribution in [0.25, 0.3) is 0 Å². The molecule has 0 N–H and O–H groups in total. The molecule has 1 saturated heterocycles. The highest BCUT2D eigenvalue weighted by Crippen LogP contribution is 2.19. The molecule has 1 aliphatic heterocycles. The normalized spacial score (nSPS) is 17.2. The summed E-state index contributed by atoms with van der Waals surface area (Å²) in [6.07, 6.45) is 1.15. The van der Waals surface area contributed by atoms with Crippen LogP contribution in [0.1, 0.15) is 33.4 Å². The average molecular weight is 361 g/mol. The van der Waals surface area contributed by atoms with Gasteiger partial charge in [-0.2, -0.15) is 0 Å². The Bertz CT molecular complexity index is 816. The van der Waals surface area contributed by atoms with Crippen LogP contribution in [-0.4, -0.2) is 49.0 Å². The lowest BCUT2D eigenvalue weighted by molar-refractivity contribution is -0.0408. The molecular formula is C19H20FNO5. The maximum atomic E-state index is 13.8. The zero-order valence-corrected chi connectivity index (χ0v) is 14.7. The summed E-state index contributed by atoms with van der Waals surface area (Å²) in [5, 5.41) is 0. The van der Waals surface area contributed by atoms with Crippen molar-refractivity contribution in [2.24, 2.45) is 0 Å². The van der Waals surface area contributed by atoms with E-state index in [9.17, 15) is 14.0 Å². The zero-order valence-electron chi connectivity index (χ0n) is 14.7. The van der Waals surface area contributed by atoms with Crippen molar-refractivity contribution in [3.8, 4) is 5.75 Å². The standard InChI is InChI=1S/C19H20FNO5/c1-12-5-7-25-18(12)19(23)21-6-8-24-15(10-21)11-26-14-3-4-16(13(2)22)17(20)9-14/h3-5,7,9,15H,6,8,10-11H2,1-2H3. The number of hydrogen-bond donors (Lipinski definition) is 0. The first-order valence-corrected chi connectivity index (χ1v) is 8.34. The average Bonchev–Trinajstić information content (AvgIpc) is 3.05. The monoisotopic (exact) mass is 361 g/mol. The number of nitrogens with zero attached hydrogens (tertiary/aromatic N) is 1. The lowest BCUT2D eigenvalue weighted by Crippen LogP contribution is -2.47. The lowest BCUT2D eigenvalue weighted by Gasteiger charge is -2.32. The summed E-state index contributed by atoms with van der Waals surface area (Å²) >= 11 is 0. The van der Waals surface area contributed by atoms with Crippen LogP contribution in [0, 0.1) is 12.7 Å². The summed E-state index contributed by atoms with van der Waals surface area (Å²) in [7, 11) is 0. The minimum absolute atomic E-state index is 0.0249. The van der Waals surface area contributed by atoms with Crippen molar-refractivity contribution in [1.82, 2.24) is 4.90 Å². The van der Waals surface area contributed by atoms with Crippen LogP contribution in [0.3, 0.4) is 0 Å². The molecule has 2 heterocycles. The topological polar surface area (TPSA) is 69.0 Å². The van der Waals surface area contributed by atoms with E-state index in [4.69, 9.17) is 13.9 Å². The summed E-state index contributed by atoms with van der Waals surface area (Å²) in [5.74, 6) is -0.510. The number of hydrogen-bond acceptors (Lipinski definition) is 5. The number of ether oxygens (including phenoxy) is 2. The van der Waals surface area contributed by atoms with Gasteiger partial charge in [-0.05, 0) is 32.0 Å². The van der Waals surface area contributed by atoms with Gasteiger partial charge in [-0.15, -0.1) is 0 Å². The first kappa shape index (κ1) is 18.1. The number of amides is 1. The second kappa shape index (κ2) is 7.70. The summed E-state index contributed by atoms with van der Waals surface area (Å²) in [4.78, 5) is 25.4. The van der Waals surface area contributed by atoms with E-state index in [0.717, 1.165) is 5.56 Å². The molecule has 138 valence electrons. The first-order chi connectivity index (χ1) is 12.5. The van der Waals surface area contributed by atoms with Crippen LogP contribution in [-0.2, 0) is 4.74 Å². The summed E-state index contributed by atoms with van der Waals surface area (Å²) in [6, 6.07) is 5.85. The van der Waals surface area contributed by atoms with Gasteiger partial charge in [0.05, 0.1) is 25.0 Å². The number of morpholine rings is 1. The van der Waals surface area contributed by atoms with Crippen molar-refractivity contribution in [1.29, 1.82) is 0 Å². The van der Waals surface area contributed by atoms with Gasteiger partial charge in [-0.3, -0.25) is 9.59 Å². The highest BCUT2D eigenvalue weighted by molar-refractivity contribution is 5.94. The number of Topliss-reactive ketones (excluding diaryl/α,β-unsaturated/α-hetero) is 1. The van der Waals surface area contributed by atoms with E-state index in [0.29, 0.717) is 31.2 Å². The Morgan fingerprint density at radius 3 is 2.81 bits per heavy atom. The molecule has 26 heavy (non-hydrogen) atoms. The maximum Gasteiger partial charge on any atom is 0.289 e. The van der Waals surface area contributed by atoms with E-state index in [2.05, 4.69) is 0 Å². The third-order valence-electron chi connectivity index (χ3n) is 4.24. The molecule has 1 unspecified atom stereocenters. The Kier molecular flexibility index (Phi) is 5.37. The highest BCUT2D eigenvalue weighted by Gasteiger charge is 2.28. The maximum absolute atomic E-state index is 13.8.